The fraction of sp³-hybridized carbons (Fsp3) is 0.615. The van der Waals surface area contributed by atoms with Crippen molar-refractivity contribution in [1.29, 1.82) is 0 Å². The van der Waals surface area contributed by atoms with E-state index in [0.29, 0.717) is 6.04 Å². The van der Waals surface area contributed by atoms with Crippen molar-refractivity contribution in [3.05, 3.63) is 30.1 Å². The van der Waals surface area contributed by atoms with Gasteiger partial charge in [-0.05, 0) is 38.8 Å². The second kappa shape index (κ2) is 5.97. The van der Waals surface area contributed by atoms with E-state index in [0.717, 1.165) is 13.0 Å². The van der Waals surface area contributed by atoms with E-state index >= 15 is 0 Å². The van der Waals surface area contributed by atoms with E-state index in [1.165, 1.54) is 5.56 Å². The number of rotatable bonds is 6. The lowest BCUT2D eigenvalue weighted by Crippen LogP contribution is -2.35. The molecule has 0 spiro atoms. The van der Waals surface area contributed by atoms with Crippen molar-refractivity contribution in [3.63, 3.8) is 0 Å². The van der Waals surface area contributed by atoms with Crippen LogP contribution in [-0.2, 0) is 11.3 Å². The molecular weight excluding hydrogens is 200 g/mol. The maximum Gasteiger partial charge on any atom is 0.0637 e. The lowest BCUT2D eigenvalue weighted by Gasteiger charge is -2.27. The predicted molar refractivity (Wildman–Crippen MR) is 66.2 cm³/mol. The number of hydrogen-bond acceptors (Lipinski definition) is 3. The number of hydrogen-bond donors (Lipinski definition) is 1. The predicted octanol–water partition coefficient (Wildman–Crippen LogP) is 2.37. The highest BCUT2D eigenvalue weighted by molar-refractivity contribution is 5.07. The smallest absolute Gasteiger partial charge is 0.0637 e. The molecule has 0 unspecified atom stereocenters. The van der Waals surface area contributed by atoms with E-state index in [2.05, 4.69) is 37.1 Å². The summed E-state index contributed by atoms with van der Waals surface area (Å²) in [6.07, 6.45) is 4.67. The molecule has 0 saturated carbocycles. The summed E-state index contributed by atoms with van der Waals surface area (Å²) in [7, 11) is 1.76. The second-order valence-corrected chi connectivity index (χ2v) is 4.81. The lowest BCUT2D eigenvalue weighted by atomic mass is 10.00. The number of nitrogens with zero attached hydrogens (tertiary/aromatic N) is 1. The van der Waals surface area contributed by atoms with E-state index in [1.54, 1.807) is 13.3 Å². The summed E-state index contributed by atoms with van der Waals surface area (Å²) in [5.74, 6) is 0. The van der Waals surface area contributed by atoms with Crippen LogP contribution in [0, 0.1) is 0 Å². The summed E-state index contributed by atoms with van der Waals surface area (Å²) in [6.45, 7) is 7.25. The van der Waals surface area contributed by atoms with Crippen LogP contribution in [0.5, 0.6) is 0 Å². The van der Waals surface area contributed by atoms with Gasteiger partial charge in [0.15, 0.2) is 0 Å². The molecule has 1 heterocycles. The average Bonchev–Trinajstić information content (AvgIpc) is 2.27. The van der Waals surface area contributed by atoms with Crippen molar-refractivity contribution in [1.82, 2.24) is 10.3 Å². The molecule has 0 aliphatic heterocycles. The zero-order valence-electron chi connectivity index (χ0n) is 10.7. The first-order chi connectivity index (χ1) is 7.53. The normalized spacial score (nSPS) is 13.8. The topological polar surface area (TPSA) is 34.1 Å². The minimum atomic E-state index is -0.0681. The molecule has 0 aromatic carbocycles. The highest BCUT2D eigenvalue weighted by Gasteiger charge is 2.19. The summed E-state index contributed by atoms with van der Waals surface area (Å²) >= 11 is 0. The van der Waals surface area contributed by atoms with Gasteiger partial charge in [-0.25, -0.2) is 0 Å². The highest BCUT2D eigenvalue weighted by atomic mass is 16.5. The molecule has 0 aliphatic rings. The fourth-order valence-electron chi connectivity index (χ4n) is 1.69. The standard InChI is InChI=1S/C13H22N2O/c1-11(8-13(2,3)16-4)15-10-12-6-5-7-14-9-12/h5-7,9,11,15H,8,10H2,1-4H3/t11-/m0/s1. The SMILES string of the molecule is COC(C)(C)C[C@H](C)NCc1cccnc1. The van der Waals surface area contributed by atoms with Crippen LogP contribution in [0.2, 0.25) is 0 Å². The molecule has 0 saturated heterocycles. The van der Waals surface area contributed by atoms with Gasteiger partial charge >= 0.3 is 0 Å². The fourth-order valence-corrected chi connectivity index (χ4v) is 1.69. The molecule has 0 bridgehead atoms. The summed E-state index contributed by atoms with van der Waals surface area (Å²) in [5, 5.41) is 3.47. The number of ether oxygens (including phenoxy) is 1. The first-order valence-electron chi connectivity index (χ1n) is 5.71. The van der Waals surface area contributed by atoms with Crippen LogP contribution in [0.3, 0.4) is 0 Å². The Morgan fingerprint density at radius 1 is 1.50 bits per heavy atom. The molecule has 0 aliphatic carbocycles. The molecule has 1 rings (SSSR count). The van der Waals surface area contributed by atoms with Gasteiger partial charge in [0.05, 0.1) is 5.60 Å². The molecule has 1 N–H and O–H groups in total. The van der Waals surface area contributed by atoms with Crippen molar-refractivity contribution < 1.29 is 4.74 Å². The van der Waals surface area contributed by atoms with Crippen molar-refractivity contribution in [2.24, 2.45) is 0 Å². The Morgan fingerprint density at radius 2 is 2.25 bits per heavy atom. The molecule has 3 nitrogen and oxygen atoms in total. The minimum absolute atomic E-state index is 0.0681. The van der Waals surface area contributed by atoms with Crippen LogP contribution in [0.25, 0.3) is 0 Å². The van der Waals surface area contributed by atoms with Crippen LogP contribution in [0.15, 0.2) is 24.5 Å². The Bertz CT molecular complexity index is 298. The second-order valence-electron chi connectivity index (χ2n) is 4.81. The van der Waals surface area contributed by atoms with E-state index in [-0.39, 0.29) is 5.60 Å². The van der Waals surface area contributed by atoms with E-state index < -0.39 is 0 Å². The first-order valence-corrected chi connectivity index (χ1v) is 5.71. The maximum absolute atomic E-state index is 5.41. The summed E-state index contributed by atoms with van der Waals surface area (Å²) < 4.78 is 5.41. The molecule has 90 valence electrons. The third-order valence-electron chi connectivity index (χ3n) is 2.73. The van der Waals surface area contributed by atoms with Gasteiger partial charge in [0.2, 0.25) is 0 Å². The minimum Gasteiger partial charge on any atom is -0.379 e. The summed E-state index contributed by atoms with van der Waals surface area (Å²) in [5.41, 5.74) is 1.14. The van der Waals surface area contributed by atoms with Crippen LogP contribution in [0.1, 0.15) is 32.8 Å². The lowest BCUT2D eigenvalue weighted by molar-refractivity contribution is 0.00844. The molecule has 0 radical (unpaired) electrons. The Kier molecular flexibility index (Phi) is 4.90. The molecule has 1 atom stereocenters. The molecule has 0 fully saturated rings. The van der Waals surface area contributed by atoms with Gasteiger partial charge < -0.3 is 10.1 Å². The van der Waals surface area contributed by atoms with Crippen molar-refractivity contribution in [2.45, 2.75) is 45.4 Å². The van der Waals surface area contributed by atoms with Crippen LogP contribution in [0.4, 0.5) is 0 Å². The molecular formula is C13H22N2O. The van der Waals surface area contributed by atoms with E-state index in [1.807, 2.05) is 12.3 Å². The summed E-state index contributed by atoms with van der Waals surface area (Å²) in [6, 6.07) is 4.46. The molecule has 3 heteroatoms. The number of nitrogens with one attached hydrogen (secondary N) is 1. The Balaban J connectivity index is 2.33. The van der Waals surface area contributed by atoms with Crippen LogP contribution >= 0.6 is 0 Å². The molecule has 0 amide bonds. The first kappa shape index (κ1) is 13.1. The number of methoxy groups -OCH3 is 1. The Labute approximate surface area is 98.2 Å². The number of aromatic nitrogens is 1. The summed E-state index contributed by atoms with van der Waals surface area (Å²) in [4.78, 5) is 4.09. The maximum atomic E-state index is 5.41. The zero-order valence-corrected chi connectivity index (χ0v) is 10.7. The van der Waals surface area contributed by atoms with Gasteiger partial charge in [0.1, 0.15) is 0 Å². The van der Waals surface area contributed by atoms with Crippen molar-refractivity contribution >= 4 is 0 Å². The third-order valence-corrected chi connectivity index (χ3v) is 2.73. The highest BCUT2D eigenvalue weighted by Crippen LogP contribution is 2.15. The monoisotopic (exact) mass is 222 g/mol. The van der Waals surface area contributed by atoms with Gasteiger partial charge in [-0.3, -0.25) is 4.98 Å². The van der Waals surface area contributed by atoms with Gasteiger partial charge in [-0.2, -0.15) is 0 Å². The molecule has 1 aromatic heterocycles. The van der Waals surface area contributed by atoms with E-state index in [4.69, 9.17) is 4.74 Å². The quantitative estimate of drug-likeness (QED) is 0.802. The number of pyridine rings is 1. The van der Waals surface area contributed by atoms with Crippen LogP contribution in [-0.4, -0.2) is 23.7 Å². The van der Waals surface area contributed by atoms with Crippen molar-refractivity contribution in [3.8, 4) is 0 Å². The van der Waals surface area contributed by atoms with Gasteiger partial charge in [0.25, 0.3) is 0 Å². The molecule has 1 aromatic rings. The van der Waals surface area contributed by atoms with Crippen LogP contribution < -0.4 is 5.32 Å². The molecule has 16 heavy (non-hydrogen) atoms. The zero-order chi connectivity index (χ0) is 12.0. The van der Waals surface area contributed by atoms with Crippen molar-refractivity contribution in [2.75, 3.05) is 7.11 Å². The van der Waals surface area contributed by atoms with Gasteiger partial charge in [0, 0.05) is 32.1 Å². The van der Waals surface area contributed by atoms with E-state index in [9.17, 15) is 0 Å². The largest absolute Gasteiger partial charge is 0.379 e. The third kappa shape index (κ3) is 4.73. The Hall–Kier alpha value is -0.930. The van der Waals surface area contributed by atoms with Gasteiger partial charge in [-0.1, -0.05) is 6.07 Å². The Morgan fingerprint density at radius 3 is 2.81 bits per heavy atom. The van der Waals surface area contributed by atoms with Gasteiger partial charge in [-0.15, -0.1) is 0 Å². The average molecular weight is 222 g/mol.